The largest absolute Gasteiger partial charge is 0.396 e. The van der Waals surface area contributed by atoms with Crippen molar-refractivity contribution in [2.75, 3.05) is 19.7 Å². The fourth-order valence-corrected chi connectivity index (χ4v) is 3.01. The lowest BCUT2D eigenvalue weighted by Gasteiger charge is -2.44. The van der Waals surface area contributed by atoms with Crippen molar-refractivity contribution in [1.29, 1.82) is 0 Å². The molecule has 0 spiro atoms. The van der Waals surface area contributed by atoms with Gasteiger partial charge in [-0.1, -0.05) is 18.6 Å². The first-order valence-corrected chi connectivity index (χ1v) is 6.71. The zero-order valence-electron chi connectivity index (χ0n) is 10.0. The van der Waals surface area contributed by atoms with Gasteiger partial charge in [0.2, 0.25) is 5.91 Å². The van der Waals surface area contributed by atoms with Gasteiger partial charge < -0.3 is 15.7 Å². The fourth-order valence-electron chi connectivity index (χ4n) is 2.72. The second-order valence-corrected chi connectivity index (χ2v) is 5.66. The van der Waals surface area contributed by atoms with Gasteiger partial charge in [-0.2, -0.15) is 0 Å². The van der Waals surface area contributed by atoms with E-state index in [1.807, 2.05) is 4.90 Å². The summed E-state index contributed by atoms with van der Waals surface area (Å²) in [4.78, 5) is 14.7. The summed E-state index contributed by atoms with van der Waals surface area (Å²) in [5.74, 6) is 0.467. The molecule has 0 radical (unpaired) electrons. The van der Waals surface area contributed by atoms with E-state index in [2.05, 4.69) is 0 Å². The van der Waals surface area contributed by atoms with Gasteiger partial charge in [0.1, 0.15) is 0 Å². The predicted octanol–water partition coefficient (Wildman–Crippen LogP) is 0.674. The van der Waals surface area contributed by atoms with Gasteiger partial charge in [0, 0.05) is 19.7 Å². The second-order valence-electron chi connectivity index (χ2n) is 5.22. The molecular weight excluding hydrogens is 236 g/mol. The van der Waals surface area contributed by atoms with Gasteiger partial charge in [-0.3, -0.25) is 4.79 Å². The number of carbonyl (C=O) groups is 1. The highest BCUT2D eigenvalue weighted by molar-refractivity contribution is 7.80. The lowest BCUT2D eigenvalue weighted by atomic mass is 9.67. The van der Waals surface area contributed by atoms with E-state index in [9.17, 15) is 4.79 Å². The SMILES string of the molecule is NC(=S)C1(C(=O)N2CCC(CO)CC2)CCC1. The number of aliphatic hydroxyl groups excluding tert-OH is 1. The first-order chi connectivity index (χ1) is 8.10. The van der Waals surface area contributed by atoms with E-state index in [-0.39, 0.29) is 12.5 Å². The summed E-state index contributed by atoms with van der Waals surface area (Å²) in [5.41, 5.74) is 5.20. The van der Waals surface area contributed by atoms with Gasteiger partial charge in [0.25, 0.3) is 0 Å². The Kier molecular flexibility index (Phi) is 3.68. The Morgan fingerprint density at radius 2 is 2.00 bits per heavy atom. The van der Waals surface area contributed by atoms with Gasteiger partial charge in [-0.05, 0) is 31.6 Å². The maximum Gasteiger partial charge on any atom is 0.235 e. The number of carbonyl (C=O) groups excluding carboxylic acids is 1. The van der Waals surface area contributed by atoms with Crippen LogP contribution < -0.4 is 5.73 Å². The molecule has 4 nitrogen and oxygen atoms in total. The van der Waals surface area contributed by atoms with Crippen LogP contribution in [0, 0.1) is 11.3 Å². The van der Waals surface area contributed by atoms with Crippen molar-refractivity contribution in [2.24, 2.45) is 17.1 Å². The normalized spacial score (nSPS) is 24.2. The van der Waals surface area contributed by atoms with Crippen molar-refractivity contribution < 1.29 is 9.90 Å². The van der Waals surface area contributed by atoms with Crippen molar-refractivity contribution in [1.82, 2.24) is 4.90 Å². The molecule has 17 heavy (non-hydrogen) atoms. The molecule has 2 rings (SSSR count). The second kappa shape index (κ2) is 4.90. The number of nitrogens with zero attached hydrogens (tertiary/aromatic N) is 1. The van der Waals surface area contributed by atoms with Crippen LogP contribution in [-0.4, -0.2) is 40.6 Å². The third-order valence-corrected chi connectivity index (χ3v) is 4.64. The Morgan fingerprint density at radius 1 is 1.41 bits per heavy atom. The quantitative estimate of drug-likeness (QED) is 0.729. The van der Waals surface area contributed by atoms with Gasteiger partial charge in [0.05, 0.1) is 10.4 Å². The molecule has 5 heteroatoms. The topological polar surface area (TPSA) is 66.6 Å². The fraction of sp³-hybridized carbons (Fsp3) is 0.833. The molecule has 1 aliphatic carbocycles. The Bertz CT molecular complexity index is 320. The van der Waals surface area contributed by atoms with E-state index in [0.29, 0.717) is 10.9 Å². The number of likely N-dealkylation sites (tertiary alicyclic amines) is 1. The molecule has 0 aromatic rings. The molecule has 2 fully saturated rings. The van der Waals surface area contributed by atoms with E-state index in [1.165, 1.54) is 0 Å². The summed E-state index contributed by atoms with van der Waals surface area (Å²) in [6.45, 7) is 1.69. The highest BCUT2D eigenvalue weighted by Crippen LogP contribution is 2.43. The first-order valence-electron chi connectivity index (χ1n) is 6.30. The molecule has 0 bridgehead atoms. The van der Waals surface area contributed by atoms with Crippen LogP contribution in [0.15, 0.2) is 0 Å². The first kappa shape index (κ1) is 12.8. The molecule has 0 unspecified atom stereocenters. The van der Waals surface area contributed by atoms with Crippen LogP contribution in [0.3, 0.4) is 0 Å². The van der Waals surface area contributed by atoms with Crippen molar-refractivity contribution in [2.45, 2.75) is 32.1 Å². The van der Waals surface area contributed by atoms with Crippen LogP contribution in [0.25, 0.3) is 0 Å². The number of rotatable bonds is 3. The van der Waals surface area contributed by atoms with Crippen LogP contribution in [0.5, 0.6) is 0 Å². The maximum absolute atomic E-state index is 12.4. The van der Waals surface area contributed by atoms with E-state index < -0.39 is 5.41 Å². The van der Waals surface area contributed by atoms with Crippen LogP contribution in [-0.2, 0) is 4.79 Å². The van der Waals surface area contributed by atoms with Crippen molar-refractivity contribution in [3.05, 3.63) is 0 Å². The summed E-state index contributed by atoms with van der Waals surface area (Å²) >= 11 is 5.06. The number of piperidine rings is 1. The number of amides is 1. The summed E-state index contributed by atoms with van der Waals surface area (Å²) < 4.78 is 0. The Labute approximate surface area is 107 Å². The highest BCUT2D eigenvalue weighted by atomic mass is 32.1. The Balaban J connectivity index is 1.99. The van der Waals surface area contributed by atoms with Crippen LogP contribution in [0.2, 0.25) is 0 Å². The Morgan fingerprint density at radius 3 is 2.35 bits per heavy atom. The van der Waals surface area contributed by atoms with E-state index in [4.69, 9.17) is 23.1 Å². The number of nitrogens with two attached hydrogens (primary N) is 1. The van der Waals surface area contributed by atoms with Crippen LogP contribution in [0.4, 0.5) is 0 Å². The molecule has 3 N–H and O–H groups in total. The van der Waals surface area contributed by atoms with Crippen molar-refractivity contribution in [3.63, 3.8) is 0 Å². The monoisotopic (exact) mass is 256 g/mol. The molecule has 1 saturated heterocycles. The lowest BCUT2D eigenvalue weighted by Crippen LogP contribution is -2.55. The third kappa shape index (κ3) is 2.18. The minimum Gasteiger partial charge on any atom is -0.396 e. The van der Waals surface area contributed by atoms with E-state index in [1.54, 1.807) is 0 Å². The average molecular weight is 256 g/mol. The molecule has 96 valence electrons. The molecule has 1 saturated carbocycles. The summed E-state index contributed by atoms with van der Waals surface area (Å²) in [6, 6.07) is 0. The van der Waals surface area contributed by atoms with E-state index in [0.717, 1.165) is 45.2 Å². The summed E-state index contributed by atoms with van der Waals surface area (Å²) in [6.07, 6.45) is 4.42. The molecule has 1 amide bonds. The highest BCUT2D eigenvalue weighted by Gasteiger charge is 2.49. The predicted molar refractivity (Wildman–Crippen MR) is 69.5 cm³/mol. The molecule has 2 aliphatic rings. The van der Waals surface area contributed by atoms with Crippen molar-refractivity contribution >= 4 is 23.1 Å². The minimum absolute atomic E-state index is 0.118. The molecule has 0 aromatic carbocycles. The average Bonchev–Trinajstić information content (AvgIpc) is 2.27. The lowest BCUT2D eigenvalue weighted by molar-refractivity contribution is -0.143. The van der Waals surface area contributed by atoms with E-state index >= 15 is 0 Å². The Hall–Kier alpha value is -0.680. The summed E-state index contributed by atoms with van der Waals surface area (Å²) in [7, 11) is 0. The molecule has 1 aliphatic heterocycles. The maximum atomic E-state index is 12.4. The molecule has 0 atom stereocenters. The van der Waals surface area contributed by atoms with Crippen LogP contribution >= 0.6 is 12.2 Å². The molecular formula is C12H20N2O2S. The zero-order valence-corrected chi connectivity index (χ0v) is 10.8. The number of hydrogen-bond acceptors (Lipinski definition) is 3. The van der Waals surface area contributed by atoms with Gasteiger partial charge in [-0.25, -0.2) is 0 Å². The minimum atomic E-state index is -0.540. The molecule has 1 heterocycles. The zero-order chi connectivity index (χ0) is 12.5. The third-order valence-electron chi connectivity index (χ3n) is 4.25. The number of thiocarbonyl (C=S) groups is 1. The number of aliphatic hydroxyl groups is 1. The van der Waals surface area contributed by atoms with Gasteiger partial charge in [0.15, 0.2) is 0 Å². The van der Waals surface area contributed by atoms with Crippen molar-refractivity contribution in [3.8, 4) is 0 Å². The van der Waals surface area contributed by atoms with Crippen LogP contribution in [0.1, 0.15) is 32.1 Å². The number of hydrogen-bond donors (Lipinski definition) is 2. The molecule has 0 aromatic heterocycles. The summed E-state index contributed by atoms with van der Waals surface area (Å²) in [5, 5.41) is 9.08. The smallest absolute Gasteiger partial charge is 0.235 e. The van der Waals surface area contributed by atoms with Gasteiger partial charge in [-0.15, -0.1) is 0 Å². The van der Waals surface area contributed by atoms with Gasteiger partial charge >= 0.3 is 0 Å². The standard InChI is InChI=1S/C12H20N2O2S/c13-10(17)12(4-1-5-12)11(16)14-6-2-9(8-15)3-7-14/h9,15H,1-8H2,(H2,13,17).